The summed E-state index contributed by atoms with van der Waals surface area (Å²) in [5, 5.41) is 4.34. The van der Waals surface area contributed by atoms with Crippen LogP contribution in [0.3, 0.4) is 0 Å². The maximum Gasteiger partial charge on any atom is 0.0961 e. The molecule has 5 nitrogen and oxygen atoms in total. The third kappa shape index (κ3) is 3.74. The second kappa shape index (κ2) is 8.78. The number of hydrogen-bond donors (Lipinski definition) is 1. The lowest BCUT2D eigenvalue weighted by Crippen LogP contribution is -2.44. The number of piperidine rings is 2. The number of benzene rings is 1. The molecule has 0 amide bonds. The number of anilines is 1. The molecule has 3 fully saturated rings. The molecule has 0 bridgehead atoms. The van der Waals surface area contributed by atoms with Gasteiger partial charge in [-0.2, -0.15) is 0 Å². The average molecular weight is 424 g/mol. The highest BCUT2D eigenvalue weighted by Crippen LogP contribution is 2.37. The molecule has 5 rings (SSSR count). The van der Waals surface area contributed by atoms with E-state index in [1.165, 1.54) is 44.5 Å². The van der Waals surface area contributed by atoms with Gasteiger partial charge in [-0.05, 0) is 76.8 Å². The van der Waals surface area contributed by atoms with Crippen molar-refractivity contribution in [3.63, 3.8) is 0 Å². The molecule has 28 heavy (non-hydrogen) atoms. The fourth-order valence-electron chi connectivity index (χ4n) is 5.26. The Hall–Kier alpha value is -1.01. The van der Waals surface area contributed by atoms with Gasteiger partial charge in [0.1, 0.15) is 0 Å². The number of nitrogens with one attached hydrogen (secondary N) is 1. The largest absolute Gasteiger partial charge is 0.370 e. The number of fused-ring (bicyclic) bond motifs is 1. The summed E-state index contributed by atoms with van der Waals surface area (Å²) in [6.07, 6.45) is 9.55. The van der Waals surface area contributed by atoms with Gasteiger partial charge in [0.2, 0.25) is 0 Å². The second-order valence-electron chi connectivity index (χ2n) is 8.36. The molecule has 1 N–H and O–H groups in total. The standard InChI is InChI=1S/C21H30ClN5.ClH/c22-20-19(26-13-7-16(8-14-26)25-11-1-2-12-25)4-3-18-21(20)27(15-24-18)17-5-9-23-10-6-17;/h3-4,15-17,23H,1-2,5-14H2;1H. The lowest BCUT2D eigenvalue weighted by molar-refractivity contribution is 0.208. The van der Waals surface area contributed by atoms with Crippen molar-refractivity contribution in [3.05, 3.63) is 23.5 Å². The van der Waals surface area contributed by atoms with Crippen LogP contribution in [0.15, 0.2) is 18.5 Å². The van der Waals surface area contributed by atoms with E-state index in [-0.39, 0.29) is 12.4 Å². The first-order valence-corrected chi connectivity index (χ1v) is 11.0. The zero-order chi connectivity index (χ0) is 18.2. The van der Waals surface area contributed by atoms with E-state index < -0.39 is 0 Å². The Morgan fingerprint density at radius 3 is 2.36 bits per heavy atom. The summed E-state index contributed by atoms with van der Waals surface area (Å²) in [5.41, 5.74) is 3.34. The minimum atomic E-state index is 0. The Morgan fingerprint density at radius 1 is 0.929 bits per heavy atom. The summed E-state index contributed by atoms with van der Waals surface area (Å²) in [5.74, 6) is 0. The van der Waals surface area contributed by atoms with E-state index in [9.17, 15) is 0 Å². The van der Waals surface area contributed by atoms with Crippen molar-refractivity contribution in [1.29, 1.82) is 0 Å². The highest BCUT2D eigenvalue weighted by molar-refractivity contribution is 6.37. The maximum absolute atomic E-state index is 6.98. The summed E-state index contributed by atoms with van der Waals surface area (Å²) in [6.45, 7) is 6.96. The predicted octanol–water partition coefficient (Wildman–Crippen LogP) is 4.10. The van der Waals surface area contributed by atoms with Crippen molar-refractivity contribution in [3.8, 4) is 0 Å². The number of hydrogen-bond acceptors (Lipinski definition) is 4. The summed E-state index contributed by atoms with van der Waals surface area (Å²) in [6, 6.07) is 5.61. The van der Waals surface area contributed by atoms with E-state index >= 15 is 0 Å². The number of likely N-dealkylation sites (tertiary alicyclic amines) is 1. The average Bonchev–Trinajstić information content (AvgIpc) is 3.40. The van der Waals surface area contributed by atoms with E-state index in [4.69, 9.17) is 11.6 Å². The lowest BCUT2D eigenvalue weighted by atomic mass is 10.0. The summed E-state index contributed by atoms with van der Waals surface area (Å²) in [7, 11) is 0. The monoisotopic (exact) mass is 423 g/mol. The van der Waals surface area contributed by atoms with Crippen LogP contribution in [-0.2, 0) is 0 Å². The summed E-state index contributed by atoms with van der Waals surface area (Å²) < 4.78 is 2.33. The Bertz CT molecular complexity index is 787. The second-order valence-corrected chi connectivity index (χ2v) is 8.74. The fourth-order valence-corrected chi connectivity index (χ4v) is 5.64. The van der Waals surface area contributed by atoms with Gasteiger partial charge >= 0.3 is 0 Å². The minimum Gasteiger partial charge on any atom is -0.370 e. The van der Waals surface area contributed by atoms with Crippen LogP contribution in [0.4, 0.5) is 5.69 Å². The molecule has 1 aromatic carbocycles. The van der Waals surface area contributed by atoms with Crippen molar-refractivity contribution in [2.45, 2.75) is 50.6 Å². The molecule has 3 saturated heterocycles. The van der Waals surface area contributed by atoms with E-state index in [1.807, 2.05) is 6.33 Å². The van der Waals surface area contributed by atoms with Crippen LogP contribution in [0.2, 0.25) is 5.02 Å². The van der Waals surface area contributed by atoms with Crippen molar-refractivity contribution in [2.75, 3.05) is 44.2 Å². The Kier molecular flexibility index (Phi) is 6.36. The van der Waals surface area contributed by atoms with Crippen LogP contribution in [0.5, 0.6) is 0 Å². The van der Waals surface area contributed by atoms with Crippen LogP contribution < -0.4 is 10.2 Å². The summed E-state index contributed by atoms with van der Waals surface area (Å²) >= 11 is 6.98. The van der Waals surface area contributed by atoms with Gasteiger partial charge in [0.15, 0.2) is 0 Å². The smallest absolute Gasteiger partial charge is 0.0961 e. The molecule has 3 aliphatic heterocycles. The SMILES string of the molecule is Cl.Clc1c(N2CCC(N3CCCC3)CC2)ccc2ncn(C3CCNCC3)c12. The zero-order valence-electron chi connectivity index (χ0n) is 16.4. The van der Waals surface area contributed by atoms with Crippen LogP contribution in [0.25, 0.3) is 11.0 Å². The molecule has 2 aromatic rings. The number of halogens is 2. The fraction of sp³-hybridized carbons (Fsp3) is 0.667. The Labute approximate surface area is 178 Å². The molecule has 154 valence electrons. The van der Waals surface area contributed by atoms with Crippen LogP contribution >= 0.6 is 24.0 Å². The van der Waals surface area contributed by atoms with Gasteiger partial charge in [-0.15, -0.1) is 12.4 Å². The van der Waals surface area contributed by atoms with Crippen molar-refractivity contribution in [2.24, 2.45) is 0 Å². The molecule has 0 unspecified atom stereocenters. The molecule has 4 heterocycles. The van der Waals surface area contributed by atoms with Gasteiger partial charge in [0.25, 0.3) is 0 Å². The van der Waals surface area contributed by atoms with E-state index in [0.29, 0.717) is 6.04 Å². The van der Waals surface area contributed by atoms with Gasteiger partial charge in [-0.25, -0.2) is 4.98 Å². The molecule has 0 aliphatic carbocycles. The maximum atomic E-state index is 6.98. The lowest BCUT2D eigenvalue weighted by Gasteiger charge is -2.38. The van der Waals surface area contributed by atoms with Crippen molar-refractivity contribution < 1.29 is 0 Å². The number of nitrogens with zero attached hydrogens (tertiary/aromatic N) is 4. The molecule has 3 aliphatic rings. The van der Waals surface area contributed by atoms with E-state index in [2.05, 4.69) is 36.8 Å². The third-order valence-electron chi connectivity index (χ3n) is 6.82. The molecular weight excluding hydrogens is 393 g/mol. The number of imidazole rings is 1. The van der Waals surface area contributed by atoms with Crippen LogP contribution in [0, 0.1) is 0 Å². The van der Waals surface area contributed by atoms with Gasteiger partial charge in [0.05, 0.1) is 28.1 Å². The number of rotatable bonds is 3. The van der Waals surface area contributed by atoms with Gasteiger partial charge in [-0.3, -0.25) is 0 Å². The minimum absolute atomic E-state index is 0. The molecule has 1 aromatic heterocycles. The quantitative estimate of drug-likeness (QED) is 0.805. The first kappa shape index (κ1) is 20.3. The molecular formula is C21H31Cl2N5. The predicted molar refractivity (Wildman–Crippen MR) is 119 cm³/mol. The Balaban J connectivity index is 0.00000192. The van der Waals surface area contributed by atoms with E-state index in [1.54, 1.807) is 0 Å². The molecule has 0 saturated carbocycles. The number of aromatic nitrogens is 2. The highest BCUT2D eigenvalue weighted by Gasteiger charge is 2.28. The topological polar surface area (TPSA) is 36.3 Å². The van der Waals surface area contributed by atoms with Crippen LogP contribution in [0.1, 0.15) is 44.6 Å². The van der Waals surface area contributed by atoms with Crippen LogP contribution in [-0.4, -0.2) is 59.8 Å². The molecule has 0 radical (unpaired) electrons. The van der Waals surface area contributed by atoms with Crippen molar-refractivity contribution >= 4 is 40.7 Å². The third-order valence-corrected chi connectivity index (χ3v) is 7.19. The Morgan fingerprint density at radius 2 is 1.64 bits per heavy atom. The van der Waals surface area contributed by atoms with Gasteiger partial charge in [0, 0.05) is 25.2 Å². The first-order chi connectivity index (χ1) is 13.3. The molecule has 0 atom stereocenters. The first-order valence-electron chi connectivity index (χ1n) is 10.7. The summed E-state index contributed by atoms with van der Waals surface area (Å²) in [4.78, 5) is 9.84. The molecule has 7 heteroatoms. The van der Waals surface area contributed by atoms with Gasteiger partial charge < -0.3 is 19.7 Å². The van der Waals surface area contributed by atoms with Crippen molar-refractivity contribution in [1.82, 2.24) is 19.8 Å². The van der Waals surface area contributed by atoms with E-state index in [0.717, 1.165) is 61.1 Å². The molecule has 0 spiro atoms. The zero-order valence-corrected chi connectivity index (χ0v) is 18.0. The van der Waals surface area contributed by atoms with Gasteiger partial charge in [-0.1, -0.05) is 11.6 Å². The normalized spacial score (nSPS) is 22.7. The highest BCUT2D eigenvalue weighted by atomic mass is 35.5.